The lowest BCUT2D eigenvalue weighted by molar-refractivity contribution is 0.589. The second-order valence-electron chi connectivity index (χ2n) is 6.87. The Bertz CT molecular complexity index is 1130. The highest BCUT2D eigenvalue weighted by atomic mass is 16.1. The predicted molar refractivity (Wildman–Crippen MR) is 107 cm³/mol. The van der Waals surface area contributed by atoms with Gasteiger partial charge in [0.2, 0.25) is 0 Å². The maximum atomic E-state index is 12.4. The minimum Gasteiger partial charge on any atom is -0.354 e. The molecule has 3 aromatic heterocycles. The Kier molecular flexibility index (Phi) is 4.56. The number of hydrogen-bond acceptors (Lipinski definition) is 4. The SMILES string of the molecule is CC(C)NCc1ccc2cc(-c3cc(-c4ccncc4)n[nH]c3=O)[nH]c2c1. The molecule has 0 aliphatic rings. The number of H-pyrrole nitrogens is 2. The van der Waals surface area contributed by atoms with Gasteiger partial charge in [0.15, 0.2) is 0 Å². The fourth-order valence-corrected chi connectivity index (χ4v) is 3.03. The molecule has 6 nitrogen and oxygen atoms in total. The van der Waals surface area contributed by atoms with Gasteiger partial charge in [0.1, 0.15) is 0 Å². The number of fused-ring (bicyclic) bond motifs is 1. The number of hydrogen-bond donors (Lipinski definition) is 3. The second kappa shape index (κ2) is 7.17. The summed E-state index contributed by atoms with van der Waals surface area (Å²) in [4.78, 5) is 19.8. The van der Waals surface area contributed by atoms with Gasteiger partial charge in [0, 0.05) is 41.4 Å². The van der Waals surface area contributed by atoms with E-state index in [0.29, 0.717) is 17.3 Å². The Morgan fingerprint density at radius 3 is 2.67 bits per heavy atom. The van der Waals surface area contributed by atoms with Crippen LogP contribution in [-0.2, 0) is 6.54 Å². The van der Waals surface area contributed by atoms with E-state index in [1.165, 1.54) is 5.56 Å². The standard InChI is InChI=1S/C21H21N5O/c1-13(2)23-12-14-3-4-16-10-20(24-18(16)9-14)17-11-19(25-26-21(17)27)15-5-7-22-8-6-15/h3-11,13,23-24H,12H2,1-2H3,(H,26,27). The number of pyridine rings is 1. The average Bonchev–Trinajstić information content (AvgIpc) is 3.10. The highest BCUT2D eigenvalue weighted by molar-refractivity contribution is 5.86. The van der Waals surface area contributed by atoms with E-state index < -0.39 is 0 Å². The molecule has 0 atom stereocenters. The van der Waals surface area contributed by atoms with E-state index in [2.05, 4.69) is 57.5 Å². The molecule has 27 heavy (non-hydrogen) atoms. The number of nitrogens with one attached hydrogen (secondary N) is 3. The van der Waals surface area contributed by atoms with Gasteiger partial charge in [-0.3, -0.25) is 9.78 Å². The van der Waals surface area contributed by atoms with Gasteiger partial charge in [-0.05, 0) is 35.9 Å². The molecule has 0 saturated carbocycles. The maximum absolute atomic E-state index is 12.4. The third-order valence-corrected chi connectivity index (χ3v) is 4.47. The number of rotatable bonds is 5. The molecule has 0 aliphatic carbocycles. The molecule has 3 heterocycles. The summed E-state index contributed by atoms with van der Waals surface area (Å²) in [5.41, 5.74) is 4.93. The van der Waals surface area contributed by atoms with Crippen molar-refractivity contribution in [2.24, 2.45) is 0 Å². The summed E-state index contributed by atoms with van der Waals surface area (Å²) in [6.07, 6.45) is 3.41. The van der Waals surface area contributed by atoms with Crippen molar-refractivity contribution in [2.75, 3.05) is 0 Å². The summed E-state index contributed by atoms with van der Waals surface area (Å²) in [5.74, 6) is 0. The number of benzene rings is 1. The van der Waals surface area contributed by atoms with Gasteiger partial charge in [0.25, 0.3) is 5.56 Å². The first kappa shape index (κ1) is 17.2. The van der Waals surface area contributed by atoms with Gasteiger partial charge in [-0.25, -0.2) is 5.10 Å². The van der Waals surface area contributed by atoms with Gasteiger partial charge in [0.05, 0.1) is 17.0 Å². The highest BCUT2D eigenvalue weighted by Crippen LogP contribution is 2.25. The van der Waals surface area contributed by atoms with E-state index in [1.807, 2.05) is 18.2 Å². The van der Waals surface area contributed by atoms with Gasteiger partial charge in [-0.15, -0.1) is 0 Å². The van der Waals surface area contributed by atoms with Crippen LogP contribution in [0.25, 0.3) is 33.4 Å². The summed E-state index contributed by atoms with van der Waals surface area (Å²) >= 11 is 0. The van der Waals surface area contributed by atoms with Crippen molar-refractivity contribution in [3.8, 4) is 22.5 Å². The van der Waals surface area contributed by atoms with Crippen LogP contribution < -0.4 is 10.9 Å². The van der Waals surface area contributed by atoms with E-state index in [0.717, 1.165) is 28.7 Å². The molecule has 0 spiro atoms. The van der Waals surface area contributed by atoms with E-state index in [-0.39, 0.29) is 5.56 Å². The molecular formula is C21H21N5O. The molecule has 1 aromatic carbocycles. The average molecular weight is 359 g/mol. The van der Waals surface area contributed by atoms with Gasteiger partial charge >= 0.3 is 0 Å². The first-order valence-electron chi connectivity index (χ1n) is 8.95. The molecular weight excluding hydrogens is 338 g/mol. The molecule has 4 aromatic rings. The van der Waals surface area contributed by atoms with Crippen molar-refractivity contribution in [1.82, 2.24) is 25.5 Å². The summed E-state index contributed by atoms with van der Waals surface area (Å²) < 4.78 is 0. The molecule has 0 bridgehead atoms. The van der Waals surface area contributed by atoms with Crippen molar-refractivity contribution in [2.45, 2.75) is 26.4 Å². The van der Waals surface area contributed by atoms with Crippen molar-refractivity contribution in [1.29, 1.82) is 0 Å². The fourth-order valence-electron chi connectivity index (χ4n) is 3.03. The van der Waals surface area contributed by atoms with E-state index in [9.17, 15) is 4.79 Å². The van der Waals surface area contributed by atoms with Crippen LogP contribution in [0.2, 0.25) is 0 Å². The van der Waals surface area contributed by atoms with Gasteiger partial charge < -0.3 is 10.3 Å². The van der Waals surface area contributed by atoms with Crippen molar-refractivity contribution in [3.05, 3.63) is 70.8 Å². The van der Waals surface area contributed by atoms with Crippen molar-refractivity contribution in [3.63, 3.8) is 0 Å². The smallest absolute Gasteiger partial charge is 0.273 e. The Balaban J connectivity index is 1.72. The first-order chi connectivity index (χ1) is 13.1. The highest BCUT2D eigenvalue weighted by Gasteiger charge is 2.11. The molecule has 3 N–H and O–H groups in total. The van der Waals surface area contributed by atoms with E-state index >= 15 is 0 Å². The molecule has 0 radical (unpaired) electrons. The minimum atomic E-state index is -0.221. The number of aromatic nitrogens is 4. The molecule has 136 valence electrons. The summed E-state index contributed by atoms with van der Waals surface area (Å²) in [5, 5.41) is 11.2. The maximum Gasteiger partial charge on any atom is 0.273 e. The fraction of sp³-hybridized carbons (Fsp3) is 0.190. The van der Waals surface area contributed by atoms with Crippen LogP contribution in [0.3, 0.4) is 0 Å². The summed E-state index contributed by atoms with van der Waals surface area (Å²) in [6, 6.07) is 14.3. The predicted octanol–water partition coefficient (Wildman–Crippen LogP) is 3.48. The van der Waals surface area contributed by atoms with E-state index in [1.54, 1.807) is 18.5 Å². The third-order valence-electron chi connectivity index (χ3n) is 4.47. The number of nitrogens with zero attached hydrogens (tertiary/aromatic N) is 2. The zero-order chi connectivity index (χ0) is 18.8. The molecule has 0 saturated heterocycles. The van der Waals surface area contributed by atoms with Gasteiger partial charge in [-0.1, -0.05) is 26.0 Å². The van der Waals surface area contributed by atoms with Crippen LogP contribution in [0.5, 0.6) is 0 Å². The topological polar surface area (TPSA) is 86.5 Å². The molecule has 0 aliphatic heterocycles. The Hall–Kier alpha value is -3.25. The van der Waals surface area contributed by atoms with Crippen LogP contribution in [0.1, 0.15) is 19.4 Å². The largest absolute Gasteiger partial charge is 0.354 e. The Morgan fingerprint density at radius 2 is 1.89 bits per heavy atom. The molecule has 0 amide bonds. The minimum absolute atomic E-state index is 0.221. The number of aromatic amines is 2. The lowest BCUT2D eigenvalue weighted by atomic mass is 10.1. The zero-order valence-electron chi connectivity index (χ0n) is 15.3. The first-order valence-corrected chi connectivity index (χ1v) is 8.95. The van der Waals surface area contributed by atoms with Crippen molar-refractivity contribution < 1.29 is 0 Å². The van der Waals surface area contributed by atoms with E-state index in [4.69, 9.17) is 0 Å². The van der Waals surface area contributed by atoms with Crippen LogP contribution in [-0.4, -0.2) is 26.2 Å². The monoisotopic (exact) mass is 359 g/mol. The lowest BCUT2D eigenvalue weighted by Crippen LogP contribution is -2.21. The third kappa shape index (κ3) is 3.66. The quantitative estimate of drug-likeness (QED) is 0.509. The van der Waals surface area contributed by atoms with Crippen LogP contribution in [0.4, 0.5) is 0 Å². The summed E-state index contributed by atoms with van der Waals surface area (Å²) in [6.45, 7) is 5.06. The molecule has 0 fully saturated rings. The Labute approximate surface area is 156 Å². The lowest BCUT2D eigenvalue weighted by Gasteiger charge is -2.07. The summed E-state index contributed by atoms with van der Waals surface area (Å²) in [7, 11) is 0. The normalized spacial score (nSPS) is 11.4. The molecule has 6 heteroatoms. The second-order valence-corrected chi connectivity index (χ2v) is 6.87. The molecule has 4 rings (SSSR count). The van der Waals surface area contributed by atoms with Crippen LogP contribution in [0, 0.1) is 0 Å². The molecule has 0 unspecified atom stereocenters. The zero-order valence-corrected chi connectivity index (χ0v) is 15.3. The van der Waals surface area contributed by atoms with Gasteiger partial charge in [-0.2, -0.15) is 5.10 Å². The van der Waals surface area contributed by atoms with Crippen LogP contribution >= 0.6 is 0 Å². The van der Waals surface area contributed by atoms with Crippen LogP contribution in [0.15, 0.2) is 59.7 Å². The van der Waals surface area contributed by atoms with Crippen molar-refractivity contribution >= 4 is 10.9 Å². The Morgan fingerprint density at radius 1 is 1.07 bits per heavy atom.